The minimum absolute atomic E-state index is 0.402. The zero-order valence-corrected chi connectivity index (χ0v) is 10.3. The third-order valence-corrected chi connectivity index (χ3v) is 3.28. The van der Waals surface area contributed by atoms with Gasteiger partial charge in [0.15, 0.2) is 0 Å². The Bertz CT molecular complexity index is 304. The quantitative estimate of drug-likeness (QED) is 0.890. The minimum atomic E-state index is 0.402. The maximum absolute atomic E-state index is 5.86. The number of nitrogens with zero attached hydrogens (tertiary/aromatic N) is 2. The van der Waals surface area contributed by atoms with Crippen LogP contribution in [0.25, 0.3) is 0 Å². The third kappa shape index (κ3) is 3.26. The second-order valence-electron chi connectivity index (χ2n) is 4.08. The number of pyridine rings is 1. The zero-order chi connectivity index (χ0) is 10.7. The van der Waals surface area contributed by atoms with E-state index in [0.29, 0.717) is 6.04 Å². The molecule has 15 heavy (non-hydrogen) atoms. The van der Waals surface area contributed by atoms with Crippen molar-refractivity contribution in [3.8, 4) is 0 Å². The molecule has 0 amide bonds. The van der Waals surface area contributed by atoms with E-state index in [-0.39, 0.29) is 0 Å². The molecule has 1 aliphatic heterocycles. The van der Waals surface area contributed by atoms with Crippen molar-refractivity contribution in [2.75, 3.05) is 13.1 Å². The summed E-state index contributed by atoms with van der Waals surface area (Å²) in [5.74, 6) is 0. The smallest absolute Gasteiger partial charge is 0.0544 e. The summed E-state index contributed by atoms with van der Waals surface area (Å²) in [6, 6.07) is 4.51. The molecule has 1 saturated heterocycles. The van der Waals surface area contributed by atoms with Crippen molar-refractivity contribution >= 4 is 15.9 Å². The van der Waals surface area contributed by atoms with Gasteiger partial charge in [0, 0.05) is 36.3 Å². The molecule has 0 radical (unpaired) electrons. The van der Waals surface area contributed by atoms with Crippen LogP contribution in [0.4, 0.5) is 0 Å². The third-order valence-electron chi connectivity index (χ3n) is 2.81. The van der Waals surface area contributed by atoms with Crippen molar-refractivity contribution < 1.29 is 0 Å². The number of hydrogen-bond acceptors (Lipinski definition) is 3. The molecule has 2 rings (SSSR count). The summed E-state index contributed by atoms with van der Waals surface area (Å²) in [5, 5.41) is 0. The second kappa shape index (κ2) is 5.05. The van der Waals surface area contributed by atoms with Crippen LogP contribution < -0.4 is 5.73 Å². The molecule has 2 N–H and O–H groups in total. The van der Waals surface area contributed by atoms with Crippen LogP contribution in [-0.4, -0.2) is 29.0 Å². The first-order valence-corrected chi connectivity index (χ1v) is 6.12. The summed E-state index contributed by atoms with van der Waals surface area (Å²) in [4.78, 5) is 6.79. The highest BCUT2D eigenvalue weighted by Gasteiger charge is 2.15. The molecule has 0 unspecified atom stereocenters. The monoisotopic (exact) mass is 269 g/mol. The first-order chi connectivity index (χ1) is 7.24. The van der Waals surface area contributed by atoms with Crippen LogP contribution in [-0.2, 0) is 6.54 Å². The van der Waals surface area contributed by atoms with Gasteiger partial charge in [-0.1, -0.05) is 0 Å². The lowest BCUT2D eigenvalue weighted by atomic mass is 10.1. The first kappa shape index (κ1) is 11.0. The largest absolute Gasteiger partial charge is 0.328 e. The van der Waals surface area contributed by atoms with E-state index < -0.39 is 0 Å². The Morgan fingerprint density at radius 2 is 2.13 bits per heavy atom. The lowest BCUT2D eigenvalue weighted by Crippen LogP contribution is -2.39. The summed E-state index contributed by atoms with van der Waals surface area (Å²) in [5.41, 5.74) is 6.99. The minimum Gasteiger partial charge on any atom is -0.328 e. The molecule has 0 aliphatic carbocycles. The average Bonchev–Trinajstić information content (AvgIpc) is 2.25. The van der Waals surface area contributed by atoms with Gasteiger partial charge in [-0.25, -0.2) is 0 Å². The summed E-state index contributed by atoms with van der Waals surface area (Å²) in [6.45, 7) is 3.14. The van der Waals surface area contributed by atoms with Crippen LogP contribution in [0.5, 0.6) is 0 Å². The molecule has 3 nitrogen and oxygen atoms in total. The SMILES string of the molecule is NC1CCN(Cc2ccc(Br)cn2)CC1. The van der Waals surface area contributed by atoms with Crippen molar-refractivity contribution in [1.82, 2.24) is 9.88 Å². The fraction of sp³-hybridized carbons (Fsp3) is 0.545. The lowest BCUT2D eigenvalue weighted by Gasteiger charge is -2.29. The number of aromatic nitrogens is 1. The maximum atomic E-state index is 5.86. The van der Waals surface area contributed by atoms with Gasteiger partial charge in [-0.2, -0.15) is 0 Å². The van der Waals surface area contributed by atoms with E-state index in [0.717, 1.165) is 42.6 Å². The molecule has 1 aromatic rings. The molecular formula is C11H16BrN3. The standard InChI is InChI=1S/C11H16BrN3/c12-9-1-2-11(14-7-9)8-15-5-3-10(13)4-6-15/h1-2,7,10H,3-6,8,13H2. The van der Waals surface area contributed by atoms with Crippen molar-refractivity contribution in [3.05, 3.63) is 28.5 Å². The van der Waals surface area contributed by atoms with Crippen LogP contribution in [0.3, 0.4) is 0 Å². The number of nitrogens with two attached hydrogens (primary N) is 1. The zero-order valence-electron chi connectivity index (χ0n) is 8.69. The number of likely N-dealkylation sites (tertiary alicyclic amines) is 1. The Morgan fingerprint density at radius 1 is 1.40 bits per heavy atom. The number of hydrogen-bond donors (Lipinski definition) is 1. The highest BCUT2D eigenvalue weighted by Crippen LogP contribution is 2.13. The predicted octanol–water partition coefficient (Wildman–Crippen LogP) is 1.77. The van der Waals surface area contributed by atoms with E-state index in [4.69, 9.17) is 5.73 Å². The molecule has 2 heterocycles. The van der Waals surface area contributed by atoms with Crippen LogP contribution in [0.1, 0.15) is 18.5 Å². The molecular weight excluding hydrogens is 254 g/mol. The molecule has 1 fully saturated rings. The Balaban J connectivity index is 1.89. The van der Waals surface area contributed by atoms with Gasteiger partial charge >= 0.3 is 0 Å². The van der Waals surface area contributed by atoms with Crippen molar-refractivity contribution in [2.24, 2.45) is 5.73 Å². The maximum Gasteiger partial charge on any atom is 0.0544 e. The Hall–Kier alpha value is -0.450. The fourth-order valence-corrected chi connectivity index (χ4v) is 2.07. The summed E-state index contributed by atoms with van der Waals surface area (Å²) in [7, 11) is 0. The molecule has 0 saturated carbocycles. The number of halogens is 1. The normalized spacial score (nSPS) is 19.3. The highest BCUT2D eigenvalue weighted by molar-refractivity contribution is 9.10. The first-order valence-electron chi connectivity index (χ1n) is 5.32. The number of piperidine rings is 1. The Morgan fingerprint density at radius 3 is 2.73 bits per heavy atom. The van der Waals surface area contributed by atoms with Crippen LogP contribution in [0.15, 0.2) is 22.8 Å². The molecule has 4 heteroatoms. The summed E-state index contributed by atoms with van der Waals surface area (Å²) in [6.07, 6.45) is 4.07. The van der Waals surface area contributed by atoms with Gasteiger partial charge in [-0.05, 0) is 40.9 Å². The molecule has 0 bridgehead atoms. The molecule has 0 aromatic carbocycles. The molecule has 0 atom stereocenters. The molecule has 0 spiro atoms. The van der Waals surface area contributed by atoms with Gasteiger partial charge < -0.3 is 5.73 Å². The van der Waals surface area contributed by atoms with E-state index in [1.54, 1.807) is 0 Å². The second-order valence-corrected chi connectivity index (χ2v) is 5.00. The topological polar surface area (TPSA) is 42.1 Å². The van der Waals surface area contributed by atoms with E-state index >= 15 is 0 Å². The van der Waals surface area contributed by atoms with Crippen LogP contribution in [0, 0.1) is 0 Å². The van der Waals surface area contributed by atoms with E-state index in [1.807, 2.05) is 12.3 Å². The van der Waals surface area contributed by atoms with E-state index in [9.17, 15) is 0 Å². The van der Waals surface area contributed by atoms with Crippen molar-refractivity contribution in [2.45, 2.75) is 25.4 Å². The van der Waals surface area contributed by atoms with Crippen LogP contribution in [0.2, 0.25) is 0 Å². The van der Waals surface area contributed by atoms with E-state index in [2.05, 4.69) is 31.9 Å². The van der Waals surface area contributed by atoms with Crippen molar-refractivity contribution in [3.63, 3.8) is 0 Å². The van der Waals surface area contributed by atoms with Gasteiger partial charge in [0.05, 0.1) is 5.69 Å². The van der Waals surface area contributed by atoms with Crippen molar-refractivity contribution in [1.29, 1.82) is 0 Å². The Labute approximate surface area is 98.8 Å². The van der Waals surface area contributed by atoms with Gasteiger partial charge in [0.2, 0.25) is 0 Å². The molecule has 1 aromatic heterocycles. The van der Waals surface area contributed by atoms with Gasteiger partial charge in [-0.3, -0.25) is 9.88 Å². The number of rotatable bonds is 2. The molecule has 82 valence electrons. The van der Waals surface area contributed by atoms with Gasteiger partial charge in [-0.15, -0.1) is 0 Å². The fourth-order valence-electron chi connectivity index (χ4n) is 1.84. The van der Waals surface area contributed by atoms with Gasteiger partial charge in [0.25, 0.3) is 0 Å². The average molecular weight is 270 g/mol. The van der Waals surface area contributed by atoms with Crippen LogP contribution >= 0.6 is 15.9 Å². The molecule has 1 aliphatic rings. The Kier molecular flexibility index (Phi) is 3.72. The summed E-state index contributed by atoms with van der Waals surface area (Å²) < 4.78 is 1.03. The highest BCUT2D eigenvalue weighted by atomic mass is 79.9. The van der Waals surface area contributed by atoms with Gasteiger partial charge in [0.1, 0.15) is 0 Å². The lowest BCUT2D eigenvalue weighted by molar-refractivity contribution is 0.203. The summed E-state index contributed by atoms with van der Waals surface area (Å²) >= 11 is 3.39. The predicted molar refractivity (Wildman–Crippen MR) is 64.4 cm³/mol. The van der Waals surface area contributed by atoms with E-state index in [1.165, 1.54) is 0 Å².